The van der Waals surface area contributed by atoms with Crippen molar-refractivity contribution in [3.63, 3.8) is 0 Å². The van der Waals surface area contributed by atoms with Crippen molar-refractivity contribution < 1.29 is 17.3 Å². The molecule has 1 radical (unpaired) electrons. The molecule has 0 aliphatic carbocycles. The Morgan fingerprint density at radius 3 is 0.889 bits per heavy atom. The van der Waals surface area contributed by atoms with E-state index in [1.54, 1.807) is 0 Å². The molecule has 0 aromatic rings. The third-order valence-corrected chi connectivity index (χ3v) is 0. The van der Waals surface area contributed by atoms with Gasteiger partial charge in [-0.05, 0) is 5.92 Å². The van der Waals surface area contributed by atoms with Crippen LogP contribution in [0.4, 0.5) is 17.3 Å². The molecule has 0 nitrogen and oxygen atoms in total. The van der Waals surface area contributed by atoms with E-state index in [9.17, 15) is 17.3 Å². The van der Waals surface area contributed by atoms with Crippen molar-refractivity contribution >= 4 is 7.25 Å². The summed E-state index contributed by atoms with van der Waals surface area (Å²) in [4.78, 5) is 0. The van der Waals surface area contributed by atoms with Crippen molar-refractivity contribution in [3.05, 3.63) is 5.92 Å². The van der Waals surface area contributed by atoms with Crippen LogP contribution in [-0.2, 0) is 0 Å². The van der Waals surface area contributed by atoms with Crippen LogP contribution in [0.15, 0.2) is 0 Å². The molecule has 0 spiro atoms. The summed E-state index contributed by atoms with van der Waals surface area (Å²) < 4.78 is 39.0. The molecule has 0 unspecified atom stereocenters. The number of halogens is 4. The summed E-state index contributed by atoms with van der Waals surface area (Å²) in [6.07, 6.45) is 0. The van der Waals surface area contributed by atoms with E-state index in [0.29, 0.717) is 0 Å². The molecule has 0 aliphatic rings. The van der Waals surface area contributed by atoms with Gasteiger partial charge in [0.1, 0.15) is 0 Å². The van der Waals surface area contributed by atoms with Crippen LogP contribution < -0.4 is 0 Å². The molecule has 9 heavy (non-hydrogen) atoms. The van der Waals surface area contributed by atoms with Gasteiger partial charge in [0.25, 0.3) is 0 Å². The molecule has 0 rings (SSSR count). The Hall–Kier alpha value is -0.215. The number of hydrogen-bond donors (Lipinski definition) is 0. The van der Waals surface area contributed by atoms with Crippen molar-refractivity contribution in [2.45, 2.75) is 20.8 Å². The first-order valence-corrected chi connectivity index (χ1v) is 2.37. The molecule has 0 N–H and O–H groups in total. The highest BCUT2D eigenvalue weighted by Crippen LogP contribution is 2.06. The first-order valence-electron chi connectivity index (χ1n) is 2.37. The molecule has 0 aliphatic heterocycles. The molecule has 0 aromatic carbocycles. The van der Waals surface area contributed by atoms with Crippen molar-refractivity contribution in [2.75, 3.05) is 0 Å². The summed E-state index contributed by atoms with van der Waals surface area (Å²) in [6, 6.07) is 0. The summed E-state index contributed by atoms with van der Waals surface area (Å²) in [5.74, 6) is 1.42. The maximum Gasteiger partial charge on any atom is 0.673 e. The molecule has 0 heterocycles. The first kappa shape index (κ1) is 11.6. The van der Waals surface area contributed by atoms with E-state index in [2.05, 4.69) is 20.8 Å². The lowest BCUT2D eigenvalue weighted by Gasteiger charge is -1.94. The van der Waals surface area contributed by atoms with E-state index in [1.165, 1.54) is 5.92 Å². The first-order chi connectivity index (χ1) is 3.73. The highest BCUT2D eigenvalue weighted by atomic mass is 19.5. The van der Waals surface area contributed by atoms with Crippen molar-refractivity contribution in [1.29, 1.82) is 0 Å². The summed E-state index contributed by atoms with van der Waals surface area (Å²) >= 11 is 0. The molecule has 0 fully saturated rings. The van der Waals surface area contributed by atoms with E-state index in [0.717, 1.165) is 0 Å². The SMILES string of the molecule is C[C](C)C.F[B-](F)(F)F. The summed E-state index contributed by atoms with van der Waals surface area (Å²) in [7, 11) is -6.00. The molecule has 0 amide bonds. The fourth-order valence-electron chi connectivity index (χ4n) is 0. The topological polar surface area (TPSA) is 0 Å². The zero-order chi connectivity index (χ0) is 8.08. The Morgan fingerprint density at radius 2 is 0.889 bits per heavy atom. The lowest BCUT2D eigenvalue weighted by atomic mass is 10.3. The Labute approximate surface area is 52.4 Å². The highest BCUT2D eigenvalue weighted by molar-refractivity contribution is 6.50. The zero-order valence-electron chi connectivity index (χ0n) is 5.59. The van der Waals surface area contributed by atoms with E-state index >= 15 is 0 Å². The van der Waals surface area contributed by atoms with Crippen LogP contribution in [-0.4, -0.2) is 7.25 Å². The van der Waals surface area contributed by atoms with E-state index in [4.69, 9.17) is 0 Å². The monoisotopic (exact) mass is 144 g/mol. The lowest BCUT2D eigenvalue weighted by Crippen LogP contribution is -2.02. The van der Waals surface area contributed by atoms with Crippen LogP contribution in [0.2, 0.25) is 0 Å². The van der Waals surface area contributed by atoms with Gasteiger partial charge in [0.05, 0.1) is 0 Å². The molecule has 0 atom stereocenters. The molecule has 0 saturated heterocycles. The van der Waals surface area contributed by atoms with Crippen LogP contribution in [0, 0.1) is 5.92 Å². The average molecular weight is 144 g/mol. The van der Waals surface area contributed by atoms with E-state index < -0.39 is 7.25 Å². The standard InChI is InChI=1S/C4H9.BF4/c1-4(2)3;2-1(3,4)5/h1-3H3;/q;-1. The second-order valence-corrected chi connectivity index (χ2v) is 1.99. The van der Waals surface area contributed by atoms with Gasteiger partial charge in [-0.25, -0.2) is 0 Å². The molecule has 0 saturated carbocycles. The van der Waals surface area contributed by atoms with Gasteiger partial charge < -0.3 is 17.3 Å². The summed E-state index contributed by atoms with van der Waals surface area (Å²) in [6.45, 7) is 6.25. The Balaban J connectivity index is 0. The van der Waals surface area contributed by atoms with Gasteiger partial charge in [-0.1, -0.05) is 20.8 Å². The van der Waals surface area contributed by atoms with Gasteiger partial charge in [-0.2, -0.15) is 0 Å². The summed E-state index contributed by atoms with van der Waals surface area (Å²) in [5.41, 5.74) is 0. The minimum atomic E-state index is -6.00. The number of rotatable bonds is 0. The van der Waals surface area contributed by atoms with Crippen molar-refractivity contribution in [3.8, 4) is 0 Å². The van der Waals surface area contributed by atoms with Gasteiger partial charge in [-0.15, -0.1) is 0 Å². The predicted octanol–water partition coefficient (Wildman–Crippen LogP) is 2.92. The Morgan fingerprint density at radius 1 is 0.889 bits per heavy atom. The van der Waals surface area contributed by atoms with Crippen molar-refractivity contribution in [1.82, 2.24) is 0 Å². The summed E-state index contributed by atoms with van der Waals surface area (Å²) in [5, 5.41) is 0. The van der Waals surface area contributed by atoms with Gasteiger partial charge in [0, 0.05) is 0 Å². The second kappa shape index (κ2) is 4.64. The fourth-order valence-corrected chi connectivity index (χ4v) is 0. The highest BCUT2D eigenvalue weighted by Gasteiger charge is 2.20. The van der Waals surface area contributed by atoms with Gasteiger partial charge in [0.15, 0.2) is 0 Å². The minimum absolute atomic E-state index is 1.42. The van der Waals surface area contributed by atoms with Gasteiger partial charge >= 0.3 is 7.25 Å². The number of hydrogen-bond acceptors (Lipinski definition) is 0. The Kier molecular flexibility index (Phi) is 5.97. The van der Waals surface area contributed by atoms with Crippen molar-refractivity contribution in [2.24, 2.45) is 0 Å². The molecular formula is C4H9BF4-. The van der Waals surface area contributed by atoms with Gasteiger partial charge in [-0.3, -0.25) is 0 Å². The molecule has 5 heteroatoms. The van der Waals surface area contributed by atoms with E-state index in [1.807, 2.05) is 0 Å². The molecular weight excluding hydrogens is 135 g/mol. The van der Waals surface area contributed by atoms with E-state index in [-0.39, 0.29) is 0 Å². The third-order valence-electron chi connectivity index (χ3n) is 0. The molecule has 57 valence electrons. The van der Waals surface area contributed by atoms with Crippen LogP contribution in [0.25, 0.3) is 0 Å². The molecule has 0 bridgehead atoms. The van der Waals surface area contributed by atoms with Gasteiger partial charge in [0.2, 0.25) is 0 Å². The fraction of sp³-hybridized carbons (Fsp3) is 0.750. The largest absolute Gasteiger partial charge is 0.673 e. The second-order valence-electron chi connectivity index (χ2n) is 1.99. The third kappa shape index (κ3) is 5630. The van der Waals surface area contributed by atoms with Crippen LogP contribution in [0.3, 0.4) is 0 Å². The zero-order valence-corrected chi connectivity index (χ0v) is 5.59. The smallest absolute Gasteiger partial charge is 0.418 e. The lowest BCUT2D eigenvalue weighted by molar-refractivity contribution is 0.368. The van der Waals surface area contributed by atoms with Crippen LogP contribution >= 0.6 is 0 Å². The maximum absolute atomic E-state index is 9.75. The normalized spacial score (nSPS) is 10.7. The quantitative estimate of drug-likeness (QED) is 0.362. The molecule has 0 aromatic heterocycles. The predicted molar refractivity (Wildman–Crippen MR) is 30.5 cm³/mol. The average Bonchev–Trinajstić information content (AvgIpc) is 1.19. The maximum atomic E-state index is 9.75. The Bertz CT molecular complexity index is 49.3. The van der Waals surface area contributed by atoms with Crippen LogP contribution in [0.5, 0.6) is 0 Å². The minimum Gasteiger partial charge on any atom is -0.418 e. The van der Waals surface area contributed by atoms with Crippen LogP contribution in [0.1, 0.15) is 20.8 Å².